The highest BCUT2D eigenvalue weighted by atomic mass is 35.5. The smallest absolute Gasteiger partial charge is 0.219 e. The molecule has 1 aromatic carbocycles. The number of benzene rings is 1. The van der Waals surface area contributed by atoms with Gasteiger partial charge in [-0.3, -0.25) is 9.69 Å². The molecule has 2 aromatic rings. The van der Waals surface area contributed by atoms with Crippen LogP contribution in [0.15, 0.2) is 45.2 Å². The minimum Gasteiger partial charge on any atom is -0.384 e. The molecule has 1 atom stereocenters. The Bertz CT molecular complexity index is 1170. The topological polar surface area (TPSA) is 95.9 Å². The summed E-state index contributed by atoms with van der Waals surface area (Å²) in [5.41, 5.74) is 8.26. The van der Waals surface area contributed by atoms with E-state index in [-0.39, 0.29) is 22.6 Å². The van der Waals surface area contributed by atoms with Gasteiger partial charge in [0.05, 0.1) is 17.6 Å². The van der Waals surface area contributed by atoms with Crippen LogP contribution in [0.1, 0.15) is 38.2 Å². The van der Waals surface area contributed by atoms with Crippen LogP contribution >= 0.6 is 46.3 Å². The molecule has 6 nitrogen and oxygen atoms in total. The van der Waals surface area contributed by atoms with Crippen LogP contribution in [0.25, 0.3) is 0 Å². The van der Waals surface area contributed by atoms with Gasteiger partial charge >= 0.3 is 0 Å². The first kappa shape index (κ1) is 22.2. The fraction of sp³-hybridized carbons (Fsp3) is 0.333. The van der Waals surface area contributed by atoms with Crippen molar-refractivity contribution in [2.75, 3.05) is 11.2 Å². The summed E-state index contributed by atoms with van der Waals surface area (Å²) in [7, 11) is 0. The number of halogens is 2. The van der Waals surface area contributed by atoms with E-state index >= 15 is 0 Å². The number of anilines is 1. The van der Waals surface area contributed by atoms with Crippen LogP contribution < -0.4 is 10.6 Å². The average Bonchev–Trinajstić information content (AvgIpc) is 3.15. The van der Waals surface area contributed by atoms with Gasteiger partial charge in [-0.25, -0.2) is 0 Å². The largest absolute Gasteiger partial charge is 0.384 e. The Hall–Kier alpha value is -2.05. The summed E-state index contributed by atoms with van der Waals surface area (Å²) < 4.78 is 0.765. The summed E-state index contributed by atoms with van der Waals surface area (Å²) in [4.78, 5) is 15.2. The number of allylic oxidation sites excluding steroid dienone is 3. The van der Waals surface area contributed by atoms with Crippen LogP contribution in [0.3, 0.4) is 0 Å². The number of aromatic nitrogens is 2. The predicted octanol–water partition coefficient (Wildman–Crippen LogP) is 5.51. The molecule has 1 unspecified atom stereocenters. The SMILES string of the molecule is CSc1nnc(N2C(N)=C(C#N)C(c3c(Cl)cccc3Cl)C3=C2CC(C)(C)CC3=O)s1. The highest BCUT2D eigenvalue weighted by Crippen LogP contribution is 2.52. The average molecular weight is 492 g/mol. The number of carbonyl (C=O) groups is 1. The molecule has 2 aliphatic rings. The summed E-state index contributed by atoms with van der Waals surface area (Å²) in [5.74, 6) is -0.558. The predicted molar refractivity (Wildman–Crippen MR) is 125 cm³/mol. The summed E-state index contributed by atoms with van der Waals surface area (Å²) in [6.07, 6.45) is 2.84. The molecule has 10 heteroatoms. The van der Waals surface area contributed by atoms with Gasteiger partial charge in [0, 0.05) is 33.3 Å². The molecule has 1 aliphatic heterocycles. The second-order valence-corrected chi connectivity index (χ2v) is 11.0. The van der Waals surface area contributed by atoms with Crippen molar-refractivity contribution in [2.45, 2.75) is 36.9 Å². The van der Waals surface area contributed by atoms with Gasteiger partial charge in [-0.05, 0) is 30.2 Å². The van der Waals surface area contributed by atoms with Crippen molar-refractivity contribution in [3.63, 3.8) is 0 Å². The Morgan fingerprint density at radius 3 is 2.55 bits per heavy atom. The molecule has 0 saturated carbocycles. The fourth-order valence-electron chi connectivity index (χ4n) is 4.18. The molecule has 0 saturated heterocycles. The molecule has 31 heavy (non-hydrogen) atoms. The number of ketones is 1. The Balaban J connectivity index is 2.03. The molecule has 0 amide bonds. The minimum absolute atomic E-state index is 0.0490. The Labute approximate surface area is 198 Å². The van der Waals surface area contributed by atoms with Crippen LogP contribution in [0.2, 0.25) is 10.0 Å². The molecule has 0 radical (unpaired) electrons. The molecular formula is C21H19Cl2N5OS2. The molecule has 0 bridgehead atoms. The number of hydrogen-bond donors (Lipinski definition) is 1. The van der Waals surface area contributed by atoms with Crippen LogP contribution in [-0.2, 0) is 4.79 Å². The maximum absolute atomic E-state index is 13.5. The van der Waals surface area contributed by atoms with E-state index in [4.69, 9.17) is 28.9 Å². The van der Waals surface area contributed by atoms with Gasteiger partial charge in [0.15, 0.2) is 10.1 Å². The van der Waals surface area contributed by atoms with Gasteiger partial charge in [-0.15, -0.1) is 10.2 Å². The molecule has 2 heterocycles. The van der Waals surface area contributed by atoms with Gasteiger partial charge < -0.3 is 5.73 Å². The first-order valence-electron chi connectivity index (χ1n) is 9.46. The zero-order valence-electron chi connectivity index (χ0n) is 17.1. The Kier molecular flexibility index (Phi) is 5.81. The van der Waals surface area contributed by atoms with Gasteiger partial charge in [0.25, 0.3) is 0 Å². The third-order valence-corrected chi connectivity index (χ3v) is 7.97. The van der Waals surface area contributed by atoms with Gasteiger partial charge in [0.1, 0.15) is 5.82 Å². The number of rotatable bonds is 3. The number of carbonyl (C=O) groups excluding carboxylic acids is 1. The van der Waals surface area contributed by atoms with Crippen LogP contribution in [0.5, 0.6) is 0 Å². The third-order valence-electron chi connectivity index (χ3n) is 5.43. The maximum atomic E-state index is 13.5. The molecule has 1 aromatic heterocycles. The van der Waals surface area contributed by atoms with E-state index in [2.05, 4.69) is 16.3 Å². The minimum atomic E-state index is -0.728. The number of thioether (sulfide) groups is 1. The lowest BCUT2D eigenvalue weighted by atomic mass is 9.68. The fourth-order valence-corrected chi connectivity index (χ4v) is 6.09. The van der Waals surface area contributed by atoms with Gasteiger partial charge in [0.2, 0.25) is 5.13 Å². The lowest BCUT2D eigenvalue weighted by molar-refractivity contribution is -0.118. The Morgan fingerprint density at radius 1 is 1.29 bits per heavy atom. The number of nitrogens with zero attached hydrogens (tertiary/aromatic N) is 4. The summed E-state index contributed by atoms with van der Waals surface area (Å²) in [5, 5.41) is 19.8. The van der Waals surface area contributed by atoms with Crippen LogP contribution in [-0.4, -0.2) is 22.2 Å². The number of nitrogens with two attached hydrogens (primary N) is 1. The number of Topliss-reactive ketones (excluding diaryl/α,β-unsaturated/α-hetero) is 1. The quantitative estimate of drug-likeness (QED) is 0.565. The third kappa shape index (κ3) is 3.74. The van der Waals surface area contributed by atoms with Crippen molar-refractivity contribution in [1.82, 2.24) is 10.2 Å². The molecule has 160 valence electrons. The van der Waals surface area contributed by atoms with E-state index < -0.39 is 5.92 Å². The van der Waals surface area contributed by atoms with Gasteiger partial charge in [-0.1, -0.05) is 66.2 Å². The Morgan fingerprint density at radius 2 is 1.97 bits per heavy atom. The lowest BCUT2D eigenvalue weighted by Gasteiger charge is -2.42. The lowest BCUT2D eigenvalue weighted by Crippen LogP contribution is -2.42. The molecule has 4 rings (SSSR count). The normalized spacial score (nSPS) is 20.7. The molecule has 0 spiro atoms. The van der Waals surface area contributed by atoms with Crippen molar-refractivity contribution >= 4 is 57.2 Å². The number of nitriles is 1. The molecule has 1 aliphatic carbocycles. The van der Waals surface area contributed by atoms with E-state index in [0.29, 0.717) is 39.2 Å². The van der Waals surface area contributed by atoms with Crippen LogP contribution in [0.4, 0.5) is 5.13 Å². The summed E-state index contributed by atoms with van der Waals surface area (Å²) >= 11 is 15.9. The first-order valence-corrected chi connectivity index (χ1v) is 12.3. The van der Waals surface area contributed by atoms with Crippen molar-refractivity contribution in [1.29, 1.82) is 5.26 Å². The van der Waals surface area contributed by atoms with Crippen molar-refractivity contribution in [2.24, 2.45) is 11.1 Å². The number of hydrogen-bond acceptors (Lipinski definition) is 8. The molecular weight excluding hydrogens is 473 g/mol. The van der Waals surface area contributed by atoms with E-state index in [0.717, 1.165) is 10.0 Å². The van der Waals surface area contributed by atoms with Crippen molar-refractivity contribution < 1.29 is 4.79 Å². The highest BCUT2D eigenvalue weighted by molar-refractivity contribution is 8.00. The zero-order valence-corrected chi connectivity index (χ0v) is 20.2. The summed E-state index contributed by atoms with van der Waals surface area (Å²) in [6, 6.07) is 7.35. The first-order chi connectivity index (χ1) is 14.7. The van der Waals surface area contributed by atoms with Crippen LogP contribution in [0, 0.1) is 16.7 Å². The van der Waals surface area contributed by atoms with Crippen molar-refractivity contribution in [3.8, 4) is 6.07 Å². The van der Waals surface area contributed by atoms with E-state index in [9.17, 15) is 10.1 Å². The van der Waals surface area contributed by atoms with Crippen molar-refractivity contribution in [3.05, 3.63) is 56.5 Å². The second-order valence-electron chi connectivity index (χ2n) is 8.17. The molecule has 0 fully saturated rings. The monoisotopic (exact) mass is 491 g/mol. The van der Waals surface area contributed by atoms with E-state index in [1.54, 1.807) is 23.1 Å². The van der Waals surface area contributed by atoms with Gasteiger partial charge in [-0.2, -0.15) is 5.26 Å². The van der Waals surface area contributed by atoms with E-state index in [1.807, 2.05) is 20.1 Å². The highest BCUT2D eigenvalue weighted by Gasteiger charge is 2.46. The second kappa shape index (κ2) is 8.14. The maximum Gasteiger partial charge on any atom is 0.219 e. The van der Waals surface area contributed by atoms with E-state index in [1.165, 1.54) is 23.1 Å². The summed E-state index contributed by atoms with van der Waals surface area (Å²) in [6.45, 7) is 4.08. The molecule has 2 N–H and O–H groups in total. The zero-order chi connectivity index (χ0) is 22.5. The standard InChI is InChI=1S/C21H19Cl2N5OS2/c1-21(2)7-13-17(14(29)8-21)15(16-11(22)5-4-6-12(16)23)10(9-24)18(25)28(13)19-26-27-20(30-3)31-19/h4-6,15H,7-8,25H2,1-3H3.